The van der Waals surface area contributed by atoms with Gasteiger partial charge in [0.05, 0.1) is 47.8 Å². The highest BCUT2D eigenvalue weighted by Gasteiger charge is 2.28. The SMILES string of the molecule is CCOc1cc(-c2c(C(=O)OC)c(C)nc(C)c2C(=O)OC)cc(Br)c1OCc1ccc(C(C)(C)C)cc1. The van der Waals surface area contributed by atoms with Gasteiger partial charge in [-0.15, -0.1) is 0 Å². The van der Waals surface area contributed by atoms with Gasteiger partial charge in [-0.25, -0.2) is 9.59 Å². The molecule has 2 aromatic carbocycles. The minimum Gasteiger partial charge on any atom is -0.490 e. The van der Waals surface area contributed by atoms with Crippen LogP contribution in [0.25, 0.3) is 11.1 Å². The summed E-state index contributed by atoms with van der Waals surface area (Å²) in [5.74, 6) is -0.245. The first-order valence-corrected chi connectivity index (χ1v) is 13.1. The highest BCUT2D eigenvalue weighted by atomic mass is 79.9. The number of esters is 2. The van der Waals surface area contributed by atoms with E-state index in [-0.39, 0.29) is 16.5 Å². The van der Waals surface area contributed by atoms with Crippen molar-refractivity contribution in [2.24, 2.45) is 0 Å². The van der Waals surface area contributed by atoms with E-state index < -0.39 is 11.9 Å². The van der Waals surface area contributed by atoms with Gasteiger partial charge < -0.3 is 18.9 Å². The second-order valence-corrected chi connectivity index (χ2v) is 10.7. The number of hydrogen-bond donors (Lipinski definition) is 0. The van der Waals surface area contributed by atoms with Crippen LogP contribution in [0.4, 0.5) is 0 Å². The van der Waals surface area contributed by atoms with E-state index in [4.69, 9.17) is 18.9 Å². The lowest BCUT2D eigenvalue weighted by molar-refractivity contribution is 0.0599. The molecule has 7 nitrogen and oxygen atoms in total. The van der Waals surface area contributed by atoms with Crippen LogP contribution in [0.1, 0.15) is 70.9 Å². The van der Waals surface area contributed by atoms with Crippen LogP contribution >= 0.6 is 15.9 Å². The van der Waals surface area contributed by atoms with Gasteiger partial charge in [0.2, 0.25) is 0 Å². The zero-order valence-corrected chi connectivity index (χ0v) is 24.7. The normalized spacial score (nSPS) is 11.2. The summed E-state index contributed by atoms with van der Waals surface area (Å²) >= 11 is 3.62. The number of pyridine rings is 1. The Morgan fingerprint density at radius 1 is 0.895 bits per heavy atom. The zero-order chi connectivity index (χ0) is 28.2. The Kier molecular flexibility index (Phi) is 9.20. The number of aromatic nitrogens is 1. The summed E-state index contributed by atoms with van der Waals surface area (Å²) < 4.78 is 22.8. The molecule has 0 spiro atoms. The van der Waals surface area contributed by atoms with Gasteiger partial charge in [0.25, 0.3) is 0 Å². The molecule has 0 aliphatic carbocycles. The first-order chi connectivity index (χ1) is 17.9. The number of nitrogens with zero attached hydrogens (tertiary/aromatic N) is 1. The van der Waals surface area contributed by atoms with Crippen LogP contribution in [-0.4, -0.2) is 37.7 Å². The zero-order valence-electron chi connectivity index (χ0n) is 23.2. The summed E-state index contributed by atoms with van der Waals surface area (Å²) in [5.41, 5.74) is 4.47. The molecule has 202 valence electrons. The summed E-state index contributed by atoms with van der Waals surface area (Å²) in [6.07, 6.45) is 0. The molecule has 0 atom stereocenters. The molecule has 0 aliphatic rings. The Hall–Kier alpha value is -3.39. The van der Waals surface area contributed by atoms with Crippen molar-refractivity contribution in [1.82, 2.24) is 4.98 Å². The molecule has 0 radical (unpaired) electrons. The Morgan fingerprint density at radius 3 is 1.92 bits per heavy atom. The fourth-order valence-electron chi connectivity index (χ4n) is 4.21. The quantitative estimate of drug-likeness (QED) is 0.264. The third kappa shape index (κ3) is 6.18. The van der Waals surface area contributed by atoms with Crippen LogP contribution in [0.5, 0.6) is 11.5 Å². The van der Waals surface area contributed by atoms with Crippen molar-refractivity contribution in [2.75, 3.05) is 20.8 Å². The molecule has 0 unspecified atom stereocenters. The number of aryl methyl sites for hydroxylation is 2. The number of hydrogen-bond acceptors (Lipinski definition) is 7. The van der Waals surface area contributed by atoms with Gasteiger partial charge in [-0.2, -0.15) is 0 Å². The van der Waals surface area contributed by atoms with Crippen LogP contribution in [0.15, 0.2) is 40.9 Å². The van der Waals surface area contributed by atoms with Crippen molar-refractivity contribution in [1.29, 1.82) is 0 Å². The van der Waals surface area contributed by atoms with Crippen molar-refractivity contribution in [3.05, 3.63) is 74.5 Å². The number of benzene rings is 2. The highest BCUT2D eigenvalue weighted by molar-refractivity contribution is 9.10. The maximum absolute atomic E-state index is 12.8. The molecular formula is C30H34BrNO6. The monoisotopic (exact) mass is 583 g/mol. The summed E-state index contributed by atoms with van der Waals surface area (Å²) in [6.45, 7) is 12.5. The number of methoxy groups -OCH3 is 2. The van der Waals surface area contributed by atoms with Gasteiger partial charge in [-0.1, -0.05) is 45.0 Å². The average molecular weight is 585 g/mol. The molecule has 8 heteroatoms. The molecule has 3 aromatic rings. The van der Waals surface area contributed by atoms with Crippen LogP contribution in [0.3, 0.4) is 0 Å². The highest BCUT2D eigenvalue weighted by Crippen LogP contribution is 2.43. The van der Waals surface area contributed by atoms with E-state index in [1.165, 1.54) is 19.8 Å². The van der Waals surface area contributed by atoms with Gasteiger partial charge in [0.15, 0.2) is 11.5 Å². The molecule has 0 amide bonds. The number of rotatable bonds is 8. The van der Waals surface area contributed by atoms with Gasteiger partial charge >= 0.3 is 11.9 Å². The van der Waals surface area contributed by atoms with Gasteiger partial charge in [-0.3, -0.25) is 4.98 Å². The molecule has 1 aromatic heterocycles. The van der Waals surface area contributed by atoms with Crippen molar-refractivity contribution in [3.63, 3.8) is 0 Å². The Labute approximate surface area is 232 Å². The molecule has 0 aliphatic heterocycles. The van der Waals surface area contributed by atoms with Crippen LogP contribution in [-0.2, 0) is 21.5 Å². The molecule has 0 saturated heterocycles. The first kappa shape index (κ1) is 29.2. The topological polar surface area (TPSA) is 84.0 Å². The molecule has 0 N–H and O–H groups in total. The molecule has 0 fully saturated rings. The van der Waals surface area contributed by atoms with Crippen molar-refractivity contribution < 1.29 is 28.5 Å². The predicted molar refractivity (Wildman–Crippen MR) is 150 cm³/mol. The second kappa shape index (κ2) is 12.0. The van der Waals surface area contributed by atoms with E-state index in [2.05, 4.69) is 66.0 Å². The van der Waals surface area contributed by atoms with E-state index in [0.717, 1.165) is 5.56 Å². The number of ether oxygens (including phenoxy) is 4. The first-order valence-electron chi connectivity index (χ1n) is 12.3. The van der Waals surface area contributed by atoms with Crippen molar-refractivity contribution >= 4 is 27.9 Å². The third-order valence-corrected chi connectivity index (χ3v) is 6.73. The van der Waals surface area contributed by atoms with E-state index >= 15 is 0 Å². The Balaban J connectivity index is 2.13. The summed E-state index contributed by atoms with van der Waals surface area (Å²) in [7, 11) is 2.57. The fourth-order valence-corrected chi connectivity index (χ4v) is 4.77. The van der Waals surface area contributed by atoms with Crippen LogP contribution in [0.2, 0.25) is 0 Å². The molecule has 0 bridgehead atoms. The predicted octanol–water partition coefficient (Wildman–Crippen LogP) is 6.98. The van der Waals surface area contributed by atoms with E-state index in [0.29, 0.717) is 51.7 Å². The minimum atomic E-state index is -0.608. The largest absolute Gasteiger partial charge is 0.490 e. The molecule has 1 heterocycles. The molecular weight excluding hydrogens is 550 g/mol. The molecule has 38 heavy (non-hydrogen) atoms. The summed E-state index contributed by atoms with van der Waals surface area (Å²) in [6, 6.07) is 11.9. The third-order valence-electron chi connectivity index (χ3n) is 6.14. The van der Waals surface area contributed by atoms with Gasteiger partial charge in [0.1, 0.15) is 6.61 Å². The average Bonchev–Trinajstić information content (AvgIpc) is 2.86. The van der Waals surface area contributed by atoms with Crippen molar-refractivity contribution in [3.8, 4) is 22.6 Å². The number of halogens is 1. The lowest BCUT2D eigenvalue weighted by atomic mass is 9.87. The van der Waals surface area contributed by atoms with E-state index in [1.807, 2.05) is 6.92 Å². The molecule has 0 saturated carbocycles. The number of carbonyl (C=O) groups is 2. The van der Waals surface area contributed by atoms with Crippen molar-refractivity contribution in [2.45, 2.75) is 53.6 Å². The maximum Gasteiger partial charge on any atom is 0.340 e. The minimum absolute atomic E-state index is 0.0656. The van der Waals surface area contributed by atoms with Crippen LogP contribution < -0.4 is 9.47 Å². The molecule has 3 rings (SSSR count). The summed E-state index contributed by atoms with van der Waals surface area (Å²) in [4.78, 5) is 30.1. The standard InChI is InChI=1S/C30H34BrNO6/c1-9-37-23-15-20(26-24(28(33)35-7)17(2)32-18(3)25(26)29(34)36-8)14-22(31)27(23)38-16-19-10-12-21(13-11-19)30(4,5)6/h10-15H,9,16H2,1-8H3. The van der Waals surface area contributed by atoms with Crippen LogP contribution in [0, 0.1) is 13.8 Å². The Bertz CT molecular complexity index is 1300. The second-order valence-electron chi connectivity index (χ2n) is 9.84. The smallest absolute Gasteiger partial charge is 0.340 e. The maximum atomic E-state index is 12.8. The summed E-state index contributed by atoms with van der Waals surface area (Å²) in [5, 5.41) is 0. The van der Waals surface area contributed by atoms with Gasteiger partial charge in [0, 0.05) is 5.56 Å². The Morgan fingerprint density at radius 2 is 1.45 bits per heavy atom. The van der Waals surface area contributed by atoms with E-state index in [9.17, 15) is 9.59 Å². The van der Waals surface area contributed by atoms with Gasteiger partial charge in [-0.05, 0) is 70.9 Å². The number of carbonyl (C=O) groups excluding carboxylic acids is 2. The lowest BCUT2D eigenvalue weighted by Gasteiger charge is -2.20. The fraction of sp³-hybridized carbons (Fsp3) is 0.367. The van der Waals surface area contributed by atoms with E-state index in [1.54, 1.807) is 26.0 Å². The lowest BCUT2D eigenvalue weighted by Crippen LogP contribution is -2.16.